The van der Waals surface area contributed by atoms with Gasteiger partial charge in [0.05, 0.1) is 4.92 Å². The molecule has 0 radical (unpaired) electrons. The van der Waals surface area contributed by atoms with E-state index in [4.69, 9.17) is 0 Å². The van der Waals surface area contributed by atoms with Crippen LogP contribution in [0.5, 0.6) is 5.75 Å². The lowest BCUT2D eigenvalue weighted by Crippen LogP contribution is -2.30. The lowest BCUT2D eigenvalue weighted by Gasteiger charge is -2.06. The summed E-state index contributed by atoms with van der Waals surface area (Å²) in [6.07, 6.45) is 1.21. The number of urea groups is 1. The number of nitro benzene ring substituents is 1. The molecule has 8 heteroatoms. The number of amides is 3. The van der Waals surface area contributed by atoms with Crippen LogP contribution in [0.4, 0.5) is 10.5 Å². The molecule has 2 rings (SSSR count). The van der Waals surface area contributed by atoms with Crippen molar-refractivity contribution < 1.29 is 19.6 Å². The first-order chi connectivity index (χ1) is 9.43. The van der Waals surface area contributed by atoms with E-state index in [1.165, 1.54) is 6.08 Å². The summed E-state index contributed by atoms with van der Waals surface area (Å²) in [6, 6.07) is 2.86. The van der Waals surface area contributed by atoms with Crippen molar-refractivity contribution in [2.75, 3.05) is 6.54 Å². The molecule has 20 heavy (non-hydrogen) atoms. The lowest BCUT2D eigenvalue weighted by molar-refractivity contribution is -0.384. The van der Waals surface area contributed by atoms with Crippen LogP contribution >= 0.6 is 0 Å². The molecule has 1 fully saturated rings. The molecule has 1 aliphatic rings. The Hall–Kier alpha value is -2.90. The van der Waals surface area contributed by atoms with Crippen LogP contribution in [0.15, 0.2) is 23.9 Å². The van der Waals surface area contributed by atoms with Crippen molar-refractivity contribution in [3.8, 4) is 5.75 Å². The number of phenolic OH excluding ortho intramolecular Hbond substituents is 1. The Bertz CT molecular complexity index is 638. The summed E-state index contributed by atoms with van der Waals surface area (Å²) in [5.41, 5.74) is -0.174. The van der Waals surface area contributed by atoms with Gasteiger partial charge in [0, 0.05) is 24.2 Å². The van der Waals surface area contributed by atoms with Crippen molar-refractivity contribution in [1.29, 1.82) is 0 Å². The number of nitro groups is 1. The molecule has 1 saturated heterocycles. The molecule has 1 heterocycles. The fourth-order valence-electron chi connectivity index (χ4n) is 1.79. The minimum absolute atomic E-state index is 0.0346. The number of aromatic hydroxyl groups is 1. The van der Waals surface area contributed by atoms with E-state index in [0.717, 1.165) is 23.1 Å². The Morgan fingerprint density at radius 2 is 2.15 bits per heavy atom. The molecule has 0 aromatic heterocycles. The largest absolute Gasteiger partial charge is 0.507 e. The van der Waals surface area contributed by atoms with Gasteiger partial charge >= 0.3 is 6.03 Å². The average molecular weight is 277 g/mol. The molecule has 0 saturated carbocycles. The lowest BCUT2D eigenvalue weighted by atomic mass is 10.1. The highest BCUT2D eigenvalue weighted by Crippen LogP contribution is 2.26. The van der Waals surface area contributed by atoms with Crippen molar-refractivity contribution in [3.63, 3.8) is 0 Å². The second-order valence-corrected chi connectivity index (χ2v) is 4.04. The van der Waals surface area contributed by atoms with Gasteiger partial charge in [-0.05, 0) is 19.1 Å². The molecule has 0 atom stereocenters. The fraction of sp³-hybridized carbons (Fsp3) is 0.167. The highest BCUT2D eigenvalue weighted by atomic mass is 16.6. The number of nitrogens with one attached hydrogen (secondary N) is 1. The summed E-state index contributed by atoms with van der Waals surface area (Å²) in [6.45, 7) is 1.86. The molecule has 2 N–H and O–H groups in total. The maximum Gasteiger partial charge on any atom is 0.328 e. The van der Waals surface area contributed by atoms with Crippen LogP contribution < -0.4 is 5.32 Å². The molecule has 1 aliphatic heterocycles. The van der Waals surface area contributed by atoms with Crippen molar-refractivity contribution in [1.82, 2.24) is 10.2 Å². The zero-order valence-corrected chi connectivity index (χ0v) is 10.5. The normalized spacial score (nSPS) is 16.6. The third-order valence-electron chi connectivity index (χ3n) is 2.80. The number of carbonyl (C=O) groups excluding carboxylic acids is 2. The molecular formula is C12H11N3O5. The summed E-state index contributed by atoms with van der Waals surface area (Å²) >= 11 is 0. The predicted molar refractivity (Wildman–Crippen MR) is 68.7 cm³/mol. The Morgan fingerprint density at radius 1 is 1.45 bits per heavy atom. The van der Waals surface area contributed by atoms with Gasteiger partial charge in [-0.2, -0.15) is 0 Å². The first-order valence-corrected chi connectivity index (χ1v) is 5.76. The molecule has 0 spiro atoms. The summed E-state index contributed by atoms with van der Waals surface area (Å²) in [4.78, 5) is 34.3. The SMILES string of the molecule is CCN1C(=O)N/C(=C/c2cc([N+](=O)[O-])ccc2O)C1=O. The van der Waals surface area contributed by atoms with E-state index in [9.17, 15) is 24.8 Å². The zero-order chi connectivity index (χ0) is 14.9. The predicted octanol–water partition coefficient (Wildman–Crippen LogP) is 1.21. The van der Waals surface area contributed by atoms with Gasteiger partial charge < -0.3 is 10.4 Å². The zero-order valence-electron chi connectivity index (χ0n) is 10.5. The number of phenols is 1. The molecule has 1 aromatic rings. The van der Waals surface area contributed by atoms with Gasteiger partial charge in [-0.15, -0.1) is 0 Å². The Balaban J connectivity index is 2.41. The molecule has 8 nitrogen and oxygen atoms in total. The van der Waals surface area contributed by atoms with Crippen LogP contribution in [0.25, 0.3) is 6.08 Å². The van der Waals surface area contributed by atoms with Gasteiger partial charge in [-0.25, -0.2) is 4.79 Å². The van der Waals surface area contributed by atoms with Crippen molar-refractivity contribution in [2.45, 2.75) is 6.92 Å². The molecule has 104 valence electrons. The monoisotopic (exact) mass is 277 g/mol. The van der Waals surface area contributed by atoms with Crippen molar-refractivity contribution >= 4 is 23.7 Å². The number of benzene rings is 1. The second-order valence-electron chi connectivity index (χ2n) is 4.04. The Morgan fingerprint density at radius 3 is 2.70 bits per heavy atom. The quantitative estimate of drug-likeness (QED) is 0.373. The van der Waals surface area contributed by atoms with E-state index >= 15 is 0 Å². The first-order valence-electron chi connectivity index (χ1n) is 5.76. The van der Waals surface area contributed by atoms with Gasteiger partial charge in [-0.1, -0.05) is 0 Å². The molecule has 0 unspecified atom stereocenters. The highest BCUT2D eigenvalue weighted by Gasteiger charge is 2.32. The number of nitrogens with zero attached hydrogens (tertiary/aromatic N) is 2. The van der Waals surface area contributed by atoms with Gasteiger partial charge in [0.15, 0.2) is 0 Å². The van der Waals surface area contributed by atoms with E-state index < -0.39 is 16.9 Å². The topological polar surface area (TPSA) is 113 Å². The number of hydrogen-bond donors (Lipinski definition) is 2. The molecule has 1 aromatic carbocycles. The Labute approximate surface area is 113 Å². The van der Waals surface area contributed by atoms with Gasteiger partial charge in [0.2, 0.25) is 0 Å². The smallest absolute Gasteiger partial charge is 0.328 e. The first kappa shape index (κ1) is 13.5. The number of hydrogen-bond acceptors (Lipinski definition) is 5. The minimum Gasteiger partial charge on any atom is -0.507 e. The van der Waals surface area contributed by atoms with Crippen LogP contribution in [0.1, 0.15) is 12.5 Å². The summed E-state index contributed by atoms with van der Waals surface area (Å²) in [5.74, 6) is -0.761. The van der Waals surface area contributed by atoms with Crippen LogP contribution in [0.3, 0.4) is 0 Å². The third kappa shape index (κ3) is 2.30. The summed E-state index contributed by atoms with van der Waals surface area (Å²) in [5, 5.41) is 22.7. The standard InChI is InChI=1S/C12H11N3O5/c1-2-14-11(17)9(13-12(14)18)6-7-5-8(15(19)20)3-4-10(7)16/h3-6,16H,2H2,1H3,(H,13,18)/b9-6+. The van der Waals surface area contributed by atoms with E-state index in [0.29, 0.717) is 0 Å². The van der Waals surface area contributed by atoms with Crippen LogP contribution in [-0.2, 0) is 4.79 Å². The maximum absolute atomic E-state index is 11.8. The van der Waals surface area contributed by atoms with Crippen molar-refractivity contribution in [2.24, 2.45) is 0 Å². The fourth-order valence-corrected chi connectivity index (χ4v) is 1.79. The molecule has 0 aliphatic carbocycles. The minimum atomic E-state index is -0.616. The number of carbonyl (C=O) groups is 2. The van der Waals surface area contributed by atoms with Crippen LogP contribution in [0, 0.1) is 10.1 Å². The van der Waals surface area contributed by atoms with E-state index in [2.05, 4.69) is 5.32 Å². The highest BCUT2D eigenvalue weighted by molar-refractivity contribution is 6.14. The Kier molecular flexibility index (Phi) is 3.38. The molecule has 3 amide bonds. The van der Waals surface area contributed by atoms with Crippen LogP contribution in [-0.4, -0.2) is 33.4 Å². The van der Waals surface area contributed by atoms with Crippen LogP contribution in [0.2, 0.25) is 0 Å². The third-order valence-corrected chi connectivity index (χ3v) is 2.80. The van der Waals surface area contributed by atoms with E-state index in [-0.39, 0.29) is 29.2 Å². The summed E-state index contributed by atoms with van der Waals surface area (Å²) < 4.78 is 0. The van der Waals surface area contributed by atoms with Crippen molar-refractivity contribution in [3.05, 3.63) is 39.6 Å². The van der Waals surface area contributed by atoms with Gasteiger partial charge in [0.25, 0.3) is 11.6 Å². The molecular weight excluding hydrogens is 266 g/mol. The average Bonchev–Trinajstić information content (AvgIpc) is 2.66. The second kappa shape index (κ2) is 5.00. The van der Waals surface area contributed by atoms with Gasteiger partial charge in [0.1, 0.15) is 11.4 Å². The molecule has 0 bridgehead atoms. The number of likely N-dealkylation sites (N-methyl/N-ethyl adjacent to an activating group) is 1. The maximum atomic E-state index is 11.8. The van der Waals surface area contributed by atoms with E-state index in [1.54, 1.807) is 6.92 Å². The number of non-ortho nitro benzene ring substituents is 1. The van der Waals surface area contributed by atoms with Gasteiger partial charge in [-0.3, -0.25) is 19.8 Å². The summed E-state index contributed by atoms with van der Waals surface area (Å²) in [7, 11) is 0. The van der Waals surface area contributed by atoms with E-state index in [1.807, 2.05) is 0 Å². The number of imide groups is 1. The number of rotatable bonds is 3.